The van der Waals surface area contributed by atoms with E-state index >= 15 is 0 Å². The highest BCUT2D eigenvalue weighted by molar-refractivity contribution is 5.32. The molecule has 18 heavy (non-hydrogen) atoms. The van der Waals surface area contributed by atoms with Crippen LogP contribution in [-0.2, 0) is 0 Å². The van der Waals surface area contributed by atoms with Crippen molar-refractivity contribution in [1.82, 2.24) is 9.97 Å². The lowest BCUT2D eigenvalue weighted by molar-refractivity contribution is 0.278. The van der Waals surface area contributed by atoms with Gasteiger partial charge in [0.15, 0.2) is 0 Å². The van der Waals surface area contributed by atoms with Crippen LogP contribution in [0.2, 0.25) is 0 Å². The molecule has 2 rings (SSSR count). The first-order valence-electron chi connectivity index (χ1n) is 6.99. The van der Waals surface area contributed by atoms with Crippen molar-refractivity contribution >= 4 is 5.82 Å². The second-order valence-electron chi connectivity index (χ2n) is 5.39. The van der Waals surface area contributed by atoms with E-state index in [0.29, 0.717) is 11.6 Å². The van der Waals surface area contributed by atoms with E-state index in [1.165, 1.54) is 38.2 Å². The lowest BCUT2D eigenvalue weighted by Gasteiger charge is -2.27. The van der Waals surface area contributed by atoms with E-state index in [2.05, 4.69) is 22.2 Å². The highest BCUT2D eigenvalue weighted by Crippen LogP contribution is 2.30. The second kappa shape index (κ2) is 6.03. The molecule has 1 saturated carbocycles. The Morgan fingerprint density at radius 3 is 2.61 bits per heavy atom. The van der Waals surface area contributed by atoms with Crippen LogP contribution < -0.4 is 10.9 Å². The fourth-order valence-electron chi connectivity index (χ4n) is 2.76. The summed E-state index contributed by atoms with van der Waals surface area (Å²) in [6, 6.07) is 1.53. The maximum absolute atomic E-state index is 11.3. The van der Waals surface area contributed by atoms with Crippen LogP contribution in [0.15, 0.2) is 10.9 Å². The molecule has 1 aromatic rings. The Morgan fingerprint density at radius 2 is 2.00 bits per heavy atom. The molecule has 1 aromatic heterocycles. The van der Waals surface area contributed by atoms with E-state index in [-0.39, 0.29) is 5.56 Å². The molecule has 0 unspecified atom stereocenters. The van der Waals surface area contributed by atoms with Gasteiger partial charge in [-0.3, -0.25) is 4.79 Å². The van der Waals surface area contributed by atoms with Crippen molar-refractivity contribution < 1.29 is 0 Å². The third-order valence-electron chi connectivity index (χ3n) is 3.98. The minimum atomic E-state index is -0.0836. The van der Waals surface area contributed by atoms with Crippen LogP contribution in [0.5, 0.6) is 0 Å². The molecule has 1 aliphatic rings. The van der Waals surface area contributed by atoms with Gasteiger partial charge in [0, 0.05) is 12.6 Å². The smallest absolute Gasteiger partial charge is 0.252 e. The molecule has 0 bridgehead atoms. The summed E-state index contributed by atoms with van der Waals surface area (Å²) in [4.78, 5) is 18.2. The van der Waals surface area contributed by atoms with Crippen molar-refractivity contribution in [3.63, 3.8) is 0 Å². The lowest BCUT2D eigenvalue weighted by Crippen LogP contribution is -2.22. The summed E-state index contributed by atoms with van der Waals surface area (Å²) in [5, 5.41) is 3.30. The molecule has 0 radical (unpaired) electrons. The van der Waals surface area contributed by atoms with Crippen molar-refractivity contribution in [2.75, 3.05) is 11.9 Å². The first kappa shape index (κ1) is 13.1. The van der Waals surface area contributed by atoms with Crippen LogP contribution in [0.25, 0.3) is 0 Å². The fourth-order valence-corrected chi connectivity index (χ4v) is 2.76. The Labute approximate surface area is 108 Å². The summed E-state index contributed by atoms with van der Waals surface area (Å²) in [6.45, 7) is 5.03. The number of aromatic nitrogens is 2. The lowest BCUT2D eigenvalue weighted by atomic mass is 9.81. The molecule has 0 atom stereocenters. The number of anilines is 1. The molecule has 2 N–H and O–H groups in total. The molecular weight excluding hydrogens is 226 g/mol. The predicted molar refractivity (Wildman–Crippen MR) is 73.8 cm³/mol. The van der Waals surface area contributed by atoms with Gasteiger partial charge in [0.25, 0.3) is 5.56 Å². The summed E-state index contributed by atoms with van der Waals surface area (Å²) in [7, 11) is 0. The predicted octanol–water partition coefficient (Wildman–Crippen LogP) is 2.71. The monoisotopic (exact) mass is 249 g/mol. The van der Waals surface area contributed by atoms with Gasteiger partial charge < -0.3 is 10.3 Å². The average Bonchev–Trinajstić information content (AvgIpc) is 2.36. The molecule has 0 saturated heterocycles. The van der Waals surface area contributed by atoms with Crippen molar-refractivity contribution in [3.05, 3.63) is 22.2 Å². The van der Waals surface area contributed by atoms with Gasteiger partial charge in [-0.2, -0.15) is 0 Å². The highest BCUT2D eigenvalue weighted by atomic mass is 16.1. The van der Waals surface area contributed by atoms with Crippen LogP contribution in [0, 0.1) is 18.8 Å². The summed E-state index contributed by atoms with van der Waals surface area (Å²) < 4.78 is 0. The van der Waals surface area contributed by atoms with Gasteiger partial charge in [0.05, 0.1) is 0 Å². The van der Waals surface area contributed by atoms with Gasteiger partial charge in [0.1, 0.15) is 11.6 Å². The number of nitrogens with zero attached hydrogens (tertiary/aromatic N) is 1. The molecule has 4 heteroatoms. The zero-order valence-corrected chi connectivity index (χ0v) is 11.3. The maximum Gasteiger partial charge on any atom is 0.252 e. The molecular formula is C14H23N3O. The third kappa shape index (κ3) is 3.59. The normalized spacial score (nSPS) is 23.9. The summed E-state index contributed by atoms with van der Waals surface area (Å²) in [5.74, 6) is 3.03. The SMILES string of the molecule is CCC1CCC(CNc2cc(=O)[nH]c(C)n2)CC1. The van der Waals surface area contributed by atoms with Gasteiger partial charge >= 0.3 is 0 Å². The standard InChI is InChI=1S/C14H23N3O/c1-3-11-4-6-12(7-5-11)9-15-13-8-14(18)17-10(2)16-13/h8,11-12H,3-7,9H2,1-2H3,(H2,15,16,17,18). The van der Waals surface area contributed by atoms with E-state index in [1.807, 2.05) is 0 Å². The minimum absolute atomic E-state index is 0.0836. The molecule has 1 aliphatic carbocycles. The topological polar surface area (TPSA) is 57.8 Å². The maximum atomic E-state index is 11.3. The molecule has 0 aromatic carbocycles. The van der Waals surface area contributed by atoms with E-state index in [1.54, 1.807) is 6.92 Å². The number of aryl methyl sites for hydroxylation is 1. The highest BCUT2D eigenvalue weighted by Gasteiger charge is 2.19. The Hall–Kier alpha value is -1.32. The largest absolute Gasteiger partial charge is 0.370 e. The fraction of sp³-hybridized carbons (Fsp3) is 0.714. The van der Waals surface area contributed by atoms with Crippen molar-refractivity contribution in [3.8, 4) is 0 Å². The van der Waals surface area contributed by atoms with E-state index in [4.69, 9.17) is 0 Å². The second-order valence-corrected chi connectivity index (χ2v) is 5.39. The molecule has 1 fully saturated rings. The van der Waals surface area contributed by atoms with Crippen molar-refractivity contribution in [2.45, 2.75) is 46.0 Å². The zero-order chi connectivity index (χ0) is 13.0. The first-order chi connectivity index (χ1) is 8.67. The summed E-state index contributed by atoms with van der Waals surface area (Å²) in [6.07, 6.45) is 6.62. The Morgan fingerprint density at radius 1 is 1.33 bits per heavy atom. The van der Waals surface area contributed by atoms with Crippen LogP contribution in [0.3, 0.4) is 0 Å². The Kier molecular flexibility index (Phi) is 4.39. The van der Waals surface area contributed by atoms with E-state index in [9.17, 15) is 4.79 Å². The molecule has 1 heterocycles. The van der Waals surface area contributed by atoms with Crippen LogP contribution >= 0.6 is 0 Å². The van der Waals surface area contributed by atoms with Gasteiger partial charge in [-0.15, -0.1) is 0 Å². The molecule has 4 nitrogen and oxygen atoms in total. The minimum Gasteiger partial charge on any atom is -0.370 e. The van der Waals surface area contributed by atoms with Crippen LogP contribution in [0.1, 0.15) is 44.9 Å². The number of aromatic amines is 1. The zero-order valence-electron chi connectivity index (χ0n) is 11.3. The summed E-state index contributed by atoms with van der Waals surface area (Å²) >= 11 is 0. The number of H-pyrrole nitrogens is 1. The molecule has 0 amide bonds. The van der Waals surface area contributed by atoms with E-state index in [0.717, 1.165) is 18.4 Å². The van der Waals surface area contributed by atoms with Gasteiger partial charge in [-0.05, 0) is 31.6 Å². The van der Waals surface area contributed by atoms with E-state index < -0.39 is 0 Å². The van der Waals surface area contributed by atoms with Gasteiger partial charge in [0.2, 0.25) is 0 Å². The van der Waals surface area contributed by atoms with Gasteiger partial charge in [-0.25, -0.2) is 4.98 Å². The third-order valence-corrected chi connectivity index (χ3v) is 3.98. The van der Waals surface area contributed by atoms with Crippen LogP contribution in [0.4, 0.5) is 5.82 Å². The number of nitrogens with one attached hydrogen (secondary N) is 2. The average molecular weight is 249 g/mol. The van der Waals surface area contributed by atoms with Gasteiger partial charge in [-0.1, -0.05) is 26.2 Å². The Balaban J connectivity index is 1.83. The van der Waals surface area contributed by atoms with Crippen LogP contribution in [-0.4, -0.2) is 16.5 Å². The molecule has 0 aliphatic heterocycles. The quantitative estimate of drug-likeness (QED) is 0.862. The Bertz CT molecular complexity index is 433. The number of hydrogen-bond acceptors (Lipinski definition) is 3. The molecule has 100 valence electrons. The van der Waals surface area contributed by atoms with Crippen molar-refractivity contribution in [1.29, 1.82) is 0 Å². The number of hydrogen-bond donors (Lipinski definition) is 2. The molecule has 0 spiro atoms. The first-order valence-corrected chi connectivity index (χ1v) is 6.99. The summed E-state index contributed by atoms with van der Waals surface area (Å²) in [5.41, 5.74) is -0.0836. The number of rotatable bonds is 4. The van der Waals surface area contributed by atoms with Crippen molar-refractivity contribution in [2.24, 2.45) is 11.8 Å².